The molecule has 102 valence electrons. The second-order valence-electron chi connectivity index (χ2n) is 4.78. The first-order valence-electron chi connectivity index (χ1n) is 7.38. The average molecular weight is 250 g/mol. The lowest BCUT2D eigenvalue weighted by molar-refractivity contribution is -0.896. The maximum absolute atomic E-state index is 5.67. The Hall–Kier alpha value is -1.02. The van der Waals surface area contributed by atoms with Gasteiger partial charge in [-0.15, -0.1) is 0 Å². The molecule has 0 aliphatic rings. The summed E-state index contributed by atoms with van der Waals surface area (Å²) in [5, 5.41) is 0. The molecule has 0 heterocycles. The molecule has 0 saturated heterocycles. The van der Waals surface area contributed by atoms with Crippen LogP contribution in [-0.4, -0.2) is 26.2 Å². The third kappa shape index (κ3) is 6.65. The molecule has 0 amide bonds. The molecule has 1 aromatic rings. The van der Waals surface area contributed by atoms with Crippen LogP contribution in [0.15, 0.2) is 30.3 Å². The van der Waals surface area contributed by atoms with E-state index in [1.807, 2.05) is 30.3 Å². The van der Waals surface area contributed by atoms with Gasteiger partial charge >= 0.3 is 0 Å². The Balaban J connectivity index is 1.93. The summed E-state index contributed by atoms with van der Waals surface area (Å²) in [6, 6.07) is 10.1. The summed E-state index contributed by atoms with van der Waals surface area (Å²) >= 11 is 0. The summed E-state index contributed by atoms with van der Waals surface area (Å²) in [6.45, 7) is 9.23. The molecule has 0 atom stereocenters. The average Bonchev–Trinajstić information content (AvgIpc) is 2.43. The van der Waals surface area contributed by atoms with E-state index in [0.717, 1.165) is 12.4 Å². The number of unbranched alkanes of at least 4 members (excludes halogenated alkanes) is 3. The highest BCUT2D eigenvalue weighted by molar-refractivity contribution is 5.20. The molecule has 0 unspecified atom stereocenters. The predicted octanol–water partition coefficient (Wildman–Crippen LogP) is 2.55. The lowest BCUT2D eigenvalue weighted by Crippen LogP contribution is -3.11. The topological polar surface area (TPSA) is 13.7 Å². The van der Waals surface area contributed by atoms with E-state index in [4.69, 9.17) is 4.74 Å². The van der Waals surface area contributed by atoms with E-state index >= 15 is 0 Å². The Kier molecular flexibility index (Phi) is 8.32. The molecule has 0 aliphatic carbocycles. The van der Waals surface area contributed by atoms with Crippen LogP contribution >= 0.6 is 0 Å². The van der Waals surface area contributed by atoms with Crippen LogP contribution in [0.5, 0.6) is 5.75 Å². The molecule has 1 aromatic carbocycles. The van der Waals surface area contributed by atoms with Crippen LogP contribution in [0, 0.1) is 0 Å². The van der Waals surface area contributed by atoms with Crippen molar-refractivity contribution in [2.45, 2.75) is 39.5 Å². The summed E-state index contributed by atoms with van der Waals surface area (Å²) in [5.74, 6) is 0.991. The molecule has 1 rings (SSSR count). The van der Waals surface area contributed by atoms with Crippen LogP contribution in [0.3, 0.4) is 0 Å². The van der Waals surface area contributed by atoms with E-state index in [-0.39, 0.29) is 0 Å². The van der Waals surface area contributed by atoms with Crippen LogP contribution in [0.2, 0.25) is 0 Å². The van der Waals surface area contributed by atoms with E-state index in [0.29, 0.717) is 0 Å². The standard InChI is InChI=1S/C16H27NO/c1-3-17(4-2)14-10-5-6-11-15-18-16-12-8-7-9-13-16/h7-9,12-13H,3-6,10-11,14-15H2,1-2H3/p+1. The maximum atomic E-state index is 5.67. The Morgan fingerprint density at radius 2 is 1.56 bits per heavy atom. The minimum absolute atomic E-state index is 0.849. The first-order valence-corrected chi connectivity index (χ1v) is 7.38. The fourth-order valence-corrected chi connectivity index (χ4v) is 2.14. The van der Waals surface area contributed by atoms with Crippen molar-refractivity contribution in [1.29, 1.82) is 0 Å². The van der Waals surface area contributed by atoms with Gasteiger partial charge in [-0.05, 0) is 51.7 Å². The quantitative estimate of drug-likeness (QED) is 0.630. The van der Waals surface area contributed by atoms with Crippen molar-refractivity contribution in [3.8, 4) is 5.75 Å². The van der Waals surface area contributed by atoms with E-state index in [2.05, 4.69) is 13.8 Å². The molecule has 0 saturated carbocycles. The highest BCUT2D eigenvalue weighted by Gasteiger charge is 2.01. The Morgan fingerprint density at radius 3 is 2.22 bits per heavy atom. The van der Waals surface area contributed by atoms with Gasteiger partial charge in [0.05, 0.1) is 26.2 Å². The molecule has 0 spiro atoms. The Labute approximate surface area is 112 Å². The number of benzene rings is 1. The Morgan fingerprint density at radius 1 is 0.889 bits per heavy atom. The van der Waals surface area contributed by atoms with Crippen LogP contribution in [0.1, 0.15) is 39.5 Å². The molecule has 0 aromatic heterocycles. The van der Waals surface area contributed by atoms with Crippen molar-refractivity contribution in [2.24, 2.45) is 0 Å². The number of nitrogens with one attached hydrogen (secondary N) is 1. The fourth-order valence-electron chi connectivity index (χ4n) is 2.14. The second kappa shape index (κ2) is 9.95. The SMILES string of the molecule is CC[NH+](CC)CCCCCCOc1ccccc1. The number of ether oxygens (including phenoxy) is 1. The van der Waals surface area contributed by atoms with Gasteiger partial charge in [0.2, 0.25) is 0 Å². The molecule has 2 heteroatoms. The second-order valence-corrected chi connectivity index (χ2v) is 4.78. The maximum Gasteiger partial charge on any atom is 0.119 e. The summed E-state index contributed by atoms with van der Waals surface area (Å²) in [7, 11) is 0. The lowest BCUT2D eigenvalue weighted by Gasteiger charge is -2.14. The number of quaternary nitrogens is 1. The van der Waals surface area contributed by atoms with Crippen molar-refractivity contribution >= 4 is 0 Å². The Bertz CT molecular complexity index is 282. The highest BCUT2D eigenvalue weighted by atomic mass is 16.5. The highest BCUT2D eigenvalue weighted by Crippen LogP contribution is 2.09. The number of rotatable bonds is 10. The molecule has 0 bridgehead atoms. The van der Waals surface area contributed by atoms with Crippen LogP contribution < -0.4 is 9.64 Å². The van der Waals surface area contributed by atoms with Gasteiger partial charge in [0.25, 0.3) is 0 Å². The van der Waals surface area contributed by atoms with Crippen molar-refractivity contribution in [1.82, 2.24) is 0 Å². The minimum atomic E-state index is 0.849. The zero-order valence-corrected chi connectivity index (χ0v) is 12.0. The lowest BCUT2D eigenvalue weighted by atomic mass is 10.2. The van der Waals surface area contributed by atoms with Crippen LogP contribution in [-0.2, 0) is 0 Å². The van der Waals surface area contributed by atoms with Gasteiger partial charge < -0.3 is 9.64 Å². The van der Waals surface area contributed by atoms with Gasteiger partial charge in [-0.3, -0.25) is 0 Å². The van der Waals surface area contributed by atoms with Gasteiger partial charge in [-0.25, -0.2) is 0 Å². The fraction of sp³-hybridized carbons (Fsp3) is 0.625. The molecule has 0 fully saturated rings. The number of hydrogen-bond donors (Lipinski definition) is 1. The molecule has 2 nitrogen and oxygen atoms in total. The third-order valence-corrected chi connectivity index (χ3v) is 3.44. The van der Waals surface area contributed by atoms with Crippen LogP contribution in [0.4, 0.5) is 0 Å². The normalized spacial score (nSPS) is 10.8. The summed E-state index contributed by atoms with van der Waals surface area (Å²) in [4.78, 5) is 1.72. The predicted molar refractivity (Wildman–Crippen MR) is 77.3 cm³/mol. The van der Waals surface area contributed by atoms with Gasteiger partial charge in [-0.2, -0.15) is 0 Å². The molecule has 0 radical (unpaired) electrons. The van der Waals surface area contributed by atoms with Crippen molar-refractivity contribution in [3.05, 3.63) is 30.3 Å². The van der Waals surface area contributed by atoms with E-state index in [1.54, 1.807) is 4.90 Å². The van der Waals surface area contributed by atoms with Crippen molar-refractivity contribution in [2.75, 3.05) is 26.2 Å². The zero-order valence-electron chi connectivity index (χ0n) is 12.0. The van der Waals surface area contributed by atoms with Gasteiger partial charge in [0.15, 0.2) is 0 Å². The number of hydrogen-bond acceptors (Lipinski definition) is 1. The number of para-hydroxylation sites is 1. The van der Waals surface area contributed by atoms with Gasteiger partial charge in [-0.1, -0.05) is 18.2 Å². The largest absolute Gasteiger partial charge is 0.494 e. The van der Waals surface area contributed by atoms with Gasteiger partial charge in [0, 0.05) is 0 Å². The summed E-state index contributed by atoms with van der Waals surface area (Å²) in [6.07, 6.45) is 5.14. The molecule has 0 aliphatic heterocycles. The first-order chi connectivity index (χ1) is 8.86. The van der Waals surface area contributed by atoms with E-state index in [9.17, 15) is 0 Å². The molecular weight excluding hydrogens is 222 g/mol. The van der Waals surface area contributed by atoms with E-state index < -0.39 is 0 Å². The van der Waals surface area contributed by atoms with Crippen molar-refractivity contribution in [3.63, 3.8) is 0 Å². The third-order valence-electron chi connectivity index (χ3n) is 3.44. The first kappa shape index (κ1) is 15.0. The van der Waals surface area contributed by atoms with Gasteiger partial charge in [0.1, 0.15) is 5.75 Å². The van der Waals surface area contributed by atoms with Crippen molar-refractivity contribution < 1.29 is 9.64 Å². The zero-order chi connectivity index (χ0) is 13.1. The monoisotopic (exact) mass is 250 g/mol. The minimum Gasteiger partial charge on any atom is -0.494 e. The summed E-state index contributed by atoms with van der Waals surface area (Å²) in [5.41, 5.74) is 0. The summed E-state index contributed by atoms with van der Waals surface area (Å²) < 4.78 is 5.67. The smallest absolute Gasteiger partial charge is 0.119 e. The molecule has 18 heavy (non-hydrogen) atoms. The molecule has 1 N–H and O–H groups in total. The van der Waals surface area contributed by atoms with Crippen LogP contribution in [0.25, 0.3) is 0 Å². The van der Waals surface area contributed by atoms with E-state index in [1.165, 1.54) is 45.3 Å². The molecular formula is C16H28NO+.